The van der Waals surface area contributed by atoms with Crippen LogP contribution in [0.4, 0.5) is 0 Å². The maximum atomic E-state index is 13.3. The van der Waals surface area contributed by atoms with Gasteiger partial charge in [0.15, 0.2) is 0 Å². The molecule has 0 spiro atoms. The predicted molar refractivity (Wildman–Crippen MR) is 152 cm³/mol. The van der Waals surface area contributed by atoms with Gasteiger partial charge in [0.05, 0.1) is 16.7 Å². The number of benzene rings is 3. The molecule has 0 fully saturated rings. The number of halogens is 3. The molecule has 0 radical (unpaired) electrons. The van der Waals surface area contributed by atoms with E-state index in [-0.39, 0.29) is 0 Å². The van der Waals surface area contributed by atoms with Crippen molar-refractivity contribution in [3.05, 3.63) is 75.4 Å². The average molecular weight is 779 g/mol. The van der Waals surface area contributed by atoms with E-state index in [1.165, 1.54) is 12.8 Å². The summed E-state index contributed by atoms with van der Waals surface area (Å²) in [6.45, 7) is 2.18. The van der Waals surface area contributed by atoms with Crippen molar-refractivity contribution < 1.29 is 19.2 Å². The summed E-state index contributed by atoms with van der Waals surface area (Å²) in [5, 5.41) is 2.16. The summed E-state index contributed by atoms with van der Waals surface area (Å²) in [6, 6.07) is 12.9. The number of hydrogen-bond donors (Lipinski definition) is 0. The standard InChI is InChI=1S/C25H20I3NO4/c1-2-3-4-5-7-14-10-11-17-20-15(14)8-6-9-16(20)23(30)29(24(17)31)33-25(32)21-18(26)12-13-19(27)22(21)28/h6,8-13H,2-5,7H2,1H3. The lowest BCUT2D eigenvalue weighted by Gasteiger charge is -2.26. The number of aryl methyl sites for hydroxylation is 1. The van der Waals surface area contributed by atoms with Crippen molar-refractivity contribution in [1.82, 2.24) is 5.06 Å². The van der Waals surface area contributed by atoms with E-state index >= 15 is 0 Å². The summed E-state index contributed by atoms with van der Waals surface area (Å²) in [5.74, 6) is -1.97. The number of nitrogens with zero attached hydrogens (tertiary/aromatic N) is 1. The molecule has 33 heavy (non-hydrogen) atoms. The second-order valence-corrected chi connectivity index (χ2v) is 11.2. The molecular weight excluding hydrogens is 759 g/mol. The van der Waals surface area contributed by atoms with Gasteiger partial charge in [0.25, 0.3) is 11.8 Å². The van der Waals surface area contributed by atoms with E-state index in [0.717, 1.165) is 37.4 Å². The van der Waals surface area contributed by atoms with Gasteiger partial charge < -0.3 is 4.84 Å². The fraction of sp³-hybridized carbons (Fsp3) is 0.240. The molecule has 8 heteroatoms. The van der Waals surface area contributed by atoms with Crippen molar-refractivity contribution in [2.24, 2.45) is 0 Å². The molecule has 3 aromatic rings. The molecular formula is C25H20I3NO4. The first-order valence-electron chi connectivity index (χ1n) is 10.6. The Labute approximate surface area is 233 Å². The summed E-state index contributed by atoms with van der Waals surface area (Å²) in [6.07, 6.45) is 5.46. The molecule has 3 aromatic carbocycles. The van der Waals surface area contributed by atoms with Crippen LogP contribution in [0.3, 0.4) is 0 Å². The van der Waals surface area contributed by atoms with E-state index in [9.17, 15) is 14.4 Å². The molecule has 0 saturated carbocycles. The Morgan fingerprint density at radius 2 is 1.58 bits per heavy atom. The van der Waals surface area contributed by atoms with E-state index in [0.29, 0.717) is 30.7 Å². The molecule has 170 valence electrons. The molecule has 0 aromatic heterocycles. The summed E-state index contributed by atoms with van der Waals surface area (Å²) < 4.78 is 2.30. The van der Waals surface area contributed by atoms with Gasteiger partial charge in [-0.05, 0) is 116 Å². The van der Waals surface area contributed by atoms with Crippen LogP contribution < -0.4 is 0 Å². The van der Waals surface area contributed by atoms with Gasteiger partial charge >= 0.3 is 5.97 Å². The second kappa shape index (κ2) is 10.5. The van der Waals surface area contributed by atoms with Gasteiger partial charge in [0.1, 0.15) is 0 Å². The summed E-state index contributed by atoms with van der Waals surface area (Å²) in [7, 11) is 0. The topological polar surface area (TPSA) is 63.7 Å². The molecule has 0 atom stereocenters. The Morgan fingerprint density at radius 1 is 0.879 bits per heavy atom. The molecule has 0 bridgehead atoms. The highest BCUT2D eigenvalue weighted by atomic mass is 127. The van der Waals surface area contributed by atoms with Gasteiger partial charge in [0, 0.05) is 16.1 Å². The van der Waals surface area contributed by atoms with Crippen LogP contribution in [0.15, 0.2) is 42.5 Å². The van der Waals surface area contributed by atoms with Crippen LogP contribution in [-0.2, 0) is 11.3 Å². The van der Waals surface area contributed by atoms with Crippen LogP contribution in [0.5, 0.6) is 0 Å². The largest absolute Gasteiger partial charge is 0.366 e. The monoisotopic (exact) mass is 779 g/mol. The zero-order valence-electron chi connectivity index (χ0n) is 17.8. The highest BCUT2D eigenvalue weighted by molar-refractivity contribution is 14.1. The van der Waals surface area contributed by atoms with Crippen LogP contribution >= 0.6 is 67.8 Å². The number of carbonyl (C=O) groups is 3. The van der Waals surface area contributed by atoms with Gasteiger partial charge in [-0.15, -0.1) is 0 Å². The molecule has 0 saturated heterocycles. The summed E-state index contributed by atoms with van der Waals surface area (Å²) >= 11 is 6.26. The van der Waals surface area contributed by atoms with E-state index in [1.807, 2.05) is 46.9 Å². The SMILES string of the molecule is CCCCCCc1ccc2c3c(cccc13)C(=O)N(OC(=O)c1c(I)ccc(I)c1I)C2=O. The molecule has 1 aliphatic heterocycles. The van der Waals surface area contributed by atoms with E-state index in [2.05, 4.69) is 52.1 Å². The van der Waals surface area contributed by atoms with Gasteiger partial charge in [-0.25, -0.2) is 4.79 Å². The van der Waals surface area contributed by atoms with Crippen LogP contribution in [0, 0.1) is 10.7 Å². The Morgan fingerprint density at radius 3 is 2.30 bits per heavy atom. The summed E-state index contributed by atoms with van der Waals surface area (Å²) in [4.78, 5) is 44.9. The van der Waals surface area contributed by atoms with Crippen LogP contribution in [0.1, 0.15) is 69.2 Å². The zero-order valence-corrected chi connectivity index (χ0v) is 24.3. The minimum atomic E-state index is -0.729. The summed E-state index contributed by atoms with van der Waals surface area (Å²) in [5.41, 5.74) is 2.21. The normalized spacial score (nSPS) is 13.0. The predicted octanol–water partition coefficient (Wildman–Crippen LogP) is 7.14. The lowest BCUT2D eigenvalue weighted by molar-refractivity contribution is -0.0622. The third kappa shape index (κ3) is 4.79. The maximum absolute atomic E-state index is 13.3. The van der Waals surface area contributed by atoms with Crippen LogP contribution in [0.25, 0.3) is 10.8 Å². The van der Waals surface area contributed by atoms with E-state index < -0.39 is 17.8 Å². The fourth-order valence-corrected chi connectivity index (χ4v) is 6.35. The Hall–Kier alpha value is -1.28. The van der Waals surface area contributed by atoms with Gasteiger partial charge in [-0.1, -0.05) is 49.4 Å². The molecule has 1 aliphatic rings. The number of hydroxylamine groups is 2. The first-order valence-corrected chi connectivity index (χ1v) is 13.9. The van der Waals surface area contributed by atoms with Crippen molar-refractivity contribution in [2.75, 3.05) is 0 Å². The Kier molecular flexibility index (Phi) is 7.94. The van der Waals surface area contributed by atoms with Gasteiger partial charge in [-0.3, -0.25) is 9.59 Å². The lowest BCUT2D eigenvalue weighted by Crippen LogP contribution is -2.42. The van der Waals surface area contributed by atoms with Gasteiger partial charge in [0.2, 0.25) is 0 Å². The quantitative estimate of drug-likeness (QED) is 0.111. The number of amides is 2. The van der Waals surface area contributed by atoms with Crippen molar-refractivity contribution in [2.45, 2.75) is 39.0 Å². The third-order valence-corrected chi connectivity index (χ3v) is 9.63. The first kappa shape index (κ1) is 24.8. The molecule has 4 rings (SSSR count). The van der Waals surface area contributed by atoms with E-state index in [1.54, 1.807) is 18.2 Å². The van der Waals surface area contributed by atoms with Crippen LogP contribution in [0.2, 0.25) is 0 Å². The zero-order chi connectivity index (χ0) is 23.7. The molecule has 0 N–H and O–H groups in total. The molecule has 0 unspecified atom stereocenters. The molecule has 1 heterocycles. The number of rotatable bonds is 7. The molecule has 5 nitrogen and oxygen atoms in total. The minimum absolute atomic E-state index is 0.343. The lowest BCUT2D eigenvalue weighted by atomic mass is 9.90. The highest BCUT2D eigenvalue weighted by Gasteiger charge is 2.37. The Bertz CT molecular complexity index is 1270. The minimum Gasteiger partial charge on any atom is -0.324 e. The average Bonchev–Trinajstić information content (AvgIpc) is 2.81. The number of carbonyl (C=O) groups excluding carboxylic acids is 3. The van der Waals surface area contributed by atoms with E-state index in [4.69, 9.17) is 4.84 Å². The number of unbranched alkanes of at least 4 members (excludes halogenated alkanes) is 3. The molecule has 2 amide bonds. The highest BCUT2D eigenvalue weighted by Crippen LogP contribution is 2.34. The smallest absolute Gasteiger partial charge is 0.324 e. The van der Waals surface area contributed by atoms with Crippen molar-refractivity contribution in [3.63, 3.8) is 0 Å². The number of imide groups is 1. The Balaban J connectivity index is 1.68. The fourth-order valence-electron chi connectivity index (χ4n) is 4.02. The molecule has 0 aliphatic carbocycles. The third-order valence-electron chi connectivity index (χ3n) is 5.68. The van der Waals surface area contributed by atoms with Crippen molar-refractivity contribution >= 4 is 96.3 Å². The first-order chi connectivity index (χ1) is 15.8. The van der Waals surface area contributed by atoms with Crippen molar-refractivity contribution in [1.29, 1.82) is 0 Å². The maximum Gasteiger partial charge on any atom is 0.366 e. The van der Waals surface area contributed by atoms with Crippen LogP contribution in [-0.4, -0.2) is 22.8 Å². The number of hydrogen-bond acceptors (Lipinski definition) is 4. The van der Waals surface area contributed by atoms with Gasteiger partial charge in [-0.2, -0.15) is 0 Å². The second-order valence-electron chi connectivity index (χ2n) is 7.81. The van der Waals surface area contributed by atoms with Crippen molar-refractivity contribution in [3.8, 4) is 0 Å².